The van der Waals surface area contributed by atoms with E-state index in [0.717, 1.165) is 5.57 Å². The Balaban J connectivity index is 1.32. The highest BCUT2D eigenvalue weighted by molar-refractivity contribution is 6.38. The Morgan fingerprint density at radius 2 is 1.26 bits per heavy atom. The minimum atomic E-state index is -0.526. The summed E-state index contributed by atoms with van der Waals surface area (Å²) >= 11 is 0. The molecule has 0 saturated heterocycles. The molecule has 5 aromatic rings. The molecule has 65 heavy (non-hydrogen) atoms. The number of rotatable bonds is 29. The van der Waals surface area contributed by atoms with E-state index in [0.29, 0.717) is 106 Å². The van der Waals surface area contributed by atoms with Crippen LogP contribution < -0.4 is 20.9 Å². The maximum atomic E-state index is 14.7. The monoisotopic (exact) mass is 905 g/mol. The van der Waals surface area contributed by atoms with E-state index in [4.69, 9.17) is 43.0 Å². The molecule has 0 heterocycles. The van der Waals surface area contributed by atoms with E-state index in [1.165, 1.54) is 13.2 Å². The Labute approximate surface area is 375 Å². The van der Waals surface area contributed by atoms with Crippen LogP contribution in [0, 0.1) is 0 Å². The summed E-state index contributed by atoms with van der Waals surface area (Å²) in [7, 11) is 3.00. The van der Waals surface area contributed by atoms with E-state index >= 15 is 0 Å². The molecule has 0 bridgehead atoms. The molecule has 0 atom stereocenters. The van der Waals surface area contributed by atoms with Gasteiger partial charge < -0.3 is 63.6 Å². The number of hydrogen-bond acceptors (Lipinski definition) is 17. The number of nitrogens with one attached hydrogen (secondary N) is 1. The van der Waals surface area contributed by atoms with Gasteiger partial charge in [-0.1, -0.05) is 11.6 Å². The van der Waals surface area contributed by atoms with Crippen molar-refractivity contribution in [3.05, 3.63) is 66.0 Å². The van der Waals surface area contributed by atoms with Gasteiger partial charge in [0.1, 0.15) is 19.0 Å². The Kier molecular flexibility index (Phi) is 18.0. The third-order valence-electron chi connectivity index (χ3n) is 11.3. The lowest BCUT2D eigenvalue weighted by Gasteiger charge is -2.25. The molecule has 0 unspecified atom stereocenters. The number of aliphatic hydroxyl groups excluding tert-OH is 3. The van der Waals surface area contributed by atoms with Gasteiger partial charge in [-0.3, -0.25) is 19.2 Å². The number of hydrogen-bond donors (Lipinski definition) is 5. The molecule has 6 rings (SSSR count). The molecule has 1 aliphatic carbocycles. The summed E-state index contributed by atoms with van der Waals surface area (Å²) in [6.07, 6.45) is 3.68. The van der Waals surface area contributed by atoms with Crippen LogP contribution in [0.2, 0.25) is 0 Å². The van der Waals surface area contributed by atoms with E-state index in [1.54, 1.807) is 13.2 Å². The van der Waals surface area contributed by atoms with Crippen molar-refractivity contribution in [1.82, 2.24) is 0 Å². The molecule has 17 heteroatoms. The number of esters is 2. The lowest BCUT2D eigenvalue weighted by Crippen LogP contribution is -2.18. The quantitative estimate of drug-likeness (QED) is 0.0198. The summed E-state index contributed by atoms with van der Waals surface area (Å²) in [5.74, 6) is -0.914. The van der Waals surface area contributed by atoms with Gasteiger partial charge in [0.2, 0.25) is 5.43 Å². The largest absolute Gasteiger partial charge is 0.507 e. The van der Waals surface area contributed by atoms with Crippen LogP contribution in [0.1, 0.15) is 60.4 Å². The summed E-state index contributed by atoms with van der Waals surface area (Å²) in [6, 6.07) is 2.98. The SMILES string of the molecule is COCCOCCC(=O)OCCOCCCc1c(O)c2c(=O)cc(CO)c3c4c(CO)cc(NCCOCCOC(=O)CCOCCCO)c5c(=O)c(OC)c6c(c(c1C=C(C)C6)c23)c54. The average molecular weight is 906 g/mol. The molecule has 1 aliphatic rings. The average Bonchev–Trinajstić information content (AvgIpc) is 3.44. The molecule has 5 N–H and O–H groups in total. The molecule has 5 aromatic carbocycles. The fourth-order valence-corrected chi connectivity index (χ4v) is 8.58. The summed E-state index contributed by atoms with van der Waals surface area (Å²) in [6.45, 7) is 3.58. The zero-order chi connectivity index (χ0) is 46.5. The topological polar surface area (TPSA) is 235 Å². The van der Waals surface area contributed by atoms with Crippen molar-refractivity contribution in [2.24, 2.45) is 0 Å². The predicted molar refractivity (Wildman–Crippen MR) is 244 cm³/mol. The Morgan fingerprint density at radius 1 is 0.662 bits per heavy atom. The number of anilines is 1. The maximum absolute atomic E-state index is 14.7. The van der Waals surface area contributed by atoms with Gasteiger partial charge in [-0.15, -0.1) is 0 Å². The van der Waals surface area contributed by atoms with Crippen LogP contribution in [0.3, 0.4) is 0 Å². The number of carbonyl (C=O) groups excluding carboxylic acids is 2. The number of fused-ring (bicyclic) bond motifs is 1. The van der Waals surface area contributed by atoms with Gasteiger partial charge >= 0.3 is 11.9 Å². The standard InChI is InChI=1S/C48H59NO16/c1-28-22-32-31(6-4-11-61-18-20-64-37(55)8-14-62-17-16-58-2)46(56)43-35(53)25-30(27-52)39-38-29(26-51)24-34(49-9-15-63-19-21-65-36(54)7-13-60-12-5-10-50)42-44(38)41(40(32)45(39)43)33(23-28)48(59-3)47(42)57/h22,24-25,49-52,56H,4-21,23,26-27H2,1-3H3. The van der Waals surface area contributed by atoms with Gasteiger partial charge in [0.15, 0.2) is 11.2 Å². The second-order valence-electron chi connectivity index (χ2n) is 15.7. The molecule has 0 amide bonds. The molecule has 17 nitrogen and oxygen atoms in total. The Morgan fingerprint density at radius 3 is 1.91 bits per heavy atom. The molecular weight excluding hydrogens is 847 g/mol. The van der Waals surface area contributed by atoms with Crippen LogP contribution in [-0.4, -0.2) is 132 Å². The Hall–Kier alpha value is -5.24. The first-order chi connectivity index (χ1) is 31.6. The van der Waals surface area contributed by atoms with Crippen molar-refractivity contribution < 1.29 is 67.9 Å². The van der Waals surface area contributed by atoms with Crippen molar-refractivity contribution in [2.75, 3.05) is 105 Å². The lowest BCUT2D eigenvalue weighted by molar-refractivity contribution is -0.147. The van der Waals surface area contributed by atoms with Crippen LogP contribution in [0.15, 0.2) is 27.3 Å². The fourth-order valence-electron chi connectivity index (χ4n) is 8.58. The summed E-state index contributed by atoms with van der Waals surface area (Å²) in [5, 5.41) is 49.5. The van der Waals surface area contributed by atoms with Gasteiger partial charge in [-0.25, -0.2) is 0 Å². The van der Waals surface area contributed by atoms with Gasteiger partial charge in [0.05, 0.1) is 90.2 Å². The third kappa shape index (κ3) is 11.1. The molecular formula is C48H59NO16. The van der Waals surface area contributed by atoms with Gasteiger partial charge in [-0.2, -0.15) is 0 Å². The van der Waals surface area contributed by atoms with Crippen molar-refractivity contribution in [3.8, 4) is 11.5 Å². The highest BCUT2D eigenvalue weighted by atomic mass is 16.6. The van der Waals surface area contributed by atoms with E-state index in [9.17, 15) is 34.5 Å². The maximum Gasteiger partial charge on any atom is 0.308 e. The molecule has 0 fully saturated rings. The second-order valence-corrected chi connectivity index (χ2v) is 15.7. The van der Waals surface area contributed by atoms with Crippen LogP contribution in [0.4, 0.5) is 5.69 Å². The zero-order valence-corrected chi connectivity index (χ0v) is 37.3. The summed E-state index contributed by atoms with van der Waals surface area (Å²) < 4.78 is 43.4. The molecule has 0 saturated carbocycles. The lowest BCUT2D eigenvalue weighted by atomic mass is 9.80. The number of benzene rings is 5. The van der Waals surface area contributed by atoms with Crippen molar-refractivity contribution in [1.29, 1.82) is 0 Å². The molecule has 0 radical (unpaired) electrons. The number of carbonyl (C=O) groups is 2. The van der Waals surface area contributed by atoms with Crippen molar-refractivity contribution in [2.45, 2.75) is 58.7 Å². The van der Waals surface area contributed by atoms with Gasteiger partial charge in [-0.05, 0) is 83.0 Å². The van der Waals surface area contributed by atoms with Crippen molar-refractivity contribution in [3.63, 3.8) is 0 Å². The highest BCUT2D eigenvalue weighted by Gasteiger charge is 2.32. The van der Waals surface area contributed by atoms with Gasteiger partial charge in [0.25, 0.3) is 0 Å². The summed E-state index contributed by atoms with van der Waals surface area (Å²) in [4.78, 5) is 52.9. The highest BCUT2D eigenvalue weighted by Crippen LogP contribution is 2.52. The van der Waals surface area contributed by atoms with Gasteiger partial charge in [0, 0.05) is 61.1 Å². The minimum absolute atomic E-state index is 0.0129. The zero-order valence-electron chi connectivity index (χ0n) is 37.3. The summed E-state index contributed by atoms with van der Waals surface area (Å²) in [5.41, 5.74) is 2.87. The smallest absolute Gasteiger partial charge is 0.308 e. The number of phenolic OH excluding ortho intramolecular Hbond substituents is 1. The third-order valence-corrected chi connectivity index (χ3v) is 11.3. The second kappa shape index (κ2) is 23.8. The van der Waals surface area contributed by atoms with E-state index < -0.39 is 30.6 Å². The number of allylic oxidation sites excluding steroid dienone is 1. The van der Waals surface area contributed by atoms with Crippen LogP contribution in [0.25, 0.3) is 49.2 Å². The van der Waals surface area contributed by atoms with Crippen LogP contribution >= 0.6 is 0 Å². The van der Waals surface area contributed by atoms with E-state index in [2.05, 4.69) is 5.32 Å². The van der Waals surface area contributed by atoms with E-state index in [1.807, 2.05) is 13.0 Å². The number of methoxy groups -OCH3 is 2. The van der Waals surface area contributed by atoms with E-state index in [-0.39, 0.29) is 112 Å². The number of ether oxygens (including phenoxy) is 8. The van der Waals surface area contributed by atoms with Crippen molar-refractivity contribution >= 4 is 66.8 Å². The first-order valence-electron chi connectivity index (χ1n) is 21.9. The molecule has 0 spiro atoms. The number of aromatic hydroxyl groups is 1. The normalized spacial score (nSPS) is 12.5. The molecule has 0 aromatic heterocycles. The fraction of sp³-hybridized carbons (Fsp3) is 0.500. The van der Waals surface area contributed by atoms with Crippen LogP contribution in [-0.2, 0) is 68.8 Å². The first-order valence-corrected chi connectivity index (χ1v) is 21.9. The Bertz CT molecular complexity index is 2590. The van der Waals surface area contributed by atoms with Crippen LogP contribution in [0.5, 0.6) is 11.5 Å². The number of aliphatic hydroxyl groups is 3. The predicted octanol–water partition coefficient (Wildman–Crippen LogP) is 3.86. The molecule has 352 valence electrons. The minimum Gasteiger partial charge on any atom is -0.507 e. The first kappa shape index (κ1) is 49.2. The number of phenols is 1. The molecule has 0 aliphatic heterocycles.